The van der Waals surface area contributed by atoms with Crippen LogP contribution in [-0.2, 0) is 15.6 Å². The van der Waals surface area contributed by atoms with Crippen molar-refractivity contribution in [1.82, 2.24) is 4.90 Å². The Bertz CT molecular complexity index is 436. The lowest BCUT2D eigenvalue weighted by Crippen LogP contribution is -2.34. The number of nitrogens with zero attached hydrogens (tertiary/aromatic N) is 1. The number of sulfone groups is 1. The van der Waals surface area contributed by atoms with Crippen LogP contribution in [0.2, 0.25) is 0 Å². The largest absolute Gasteiger partial charge is 0.290 e. The Morgan fingerprint density at radius 3 is 2.29 bits per heavy atom. The second-order valence-corrected chi connectivity index (χ2v) is 6.72. The summed E-state index contributed by atoms with van der Waals surface area (Å²) in [6.07, 6.45) is 3.48. The van der Waals surface area contributed by atoms with Crippen LogP contribution < -0.4 is 0 Å². The van der Waals surface area contributed by atoms with E-state index in [1.165, 1.54) is 6.42 Å². The third kappa shape index (κ3) is 4.13. The van der Waals surface area contributed by atoms with Crippen LogP contribution in [0.5, 0.6) is 0 Å². The van der Waals surface area contributed by atoms with Crippen LogP contribution in [0, 0.1) is 0 Å². The normalized spacial score (nSPS) is 18.1. The lowest BCUT2D eigenvalue weighted by molar-refractivity contribution is 0.261. The summed E-state index contributed by atoms with van der Waals surface area (Å²) in [6, 6.07) is 9.40. The van der Waals surface area contributed by atoms with Gasteiger partial charge in [-0.05, 0) is 31.5 Å². The molecule has 0 atom stereocenters. The van der Waals surface area contributed by atoms with Crippen molar-refractivity contribution in [3.05, 3.63) is 35.9 Å². The molecule has 17 heavy (non-hydrogen) atoms. The first-order chi connectivity index (χ1) is 8.16. The van der Waals surface area contributed by atoms with Gasteiger partial charge < -0.3 is 0 Å². The second kappa shape index (κ2) is 5.65. The van der Waals surface area contributed by atoms with E-state index in [0.717, 1.165) is 31.5 Å². The third-order valence-electron chi connectivity index (χ3n) is 3.06. The molecule has 1 aliphatic heterocycles. The molecule has 0 spiro atoms. The molecular weight excluding hydrogens is 234 g/mol. The van der Waals surface area contributed by atoms with Gasteiger partial charge in [-0.2, -0.15) is 0 Å². The Hall–Kier alpha value is -0.870. The topological polar surface area (TPSA) is 37.4 Å². The number of rotatable bonds is 4. The van der Waals surface area contributed by atoms with Crippen molar-refractivity contribution >= 4 is 9.84 Å². The summed E-state index contributed by atoms with van der Waals surface area (Å²) < 4.78 is 24.1. The van der Waals surface area contributed by atoms with Crippen LogP contribution in [0.4, 0.5) is 0 Å². The van der Waals surface area contributed by atoms with Crippen molar-refractivity contribution in [2.75, 3.05) is 19.0 Å². The maximum absolute atomic E-state index is 12.0. The van der Waals surface area contributed by atoms with E-state index in [1.54, 1.807) is 0 Å². The first-order valence-corrected chi connectivity index (χ1v) is 7.94. The van der Waals surface area contributed by atoms with E-state index in [4.69, 9.17) is 0 Å². The van der Waals surface area contributed by atoms with Crippen LogP contribution in [0.15, 0.2) is 30.3 Å². The van der Waals surface area contributed by atoms with Gasteiger partial charge in [0.05, 0.1) is 5.75 Å². The highest BCUT2D eigenvalue weighted by atomic mass is 32.2. The lowest BCUT2D eigenvalue weighted by Gasteiger charge is -2.25. The minimum atomic E-state index is -3.01. The first kappa shape index (κ1) is 12.6. The molecule has 0 amide bonds. The zero-order chi connectivity index (χ0) is 12.1. The van der Waals surface area contributed by atoms with Gasteiger partial charge in [-0.3, -0.25) is 4.90 Å². The number of piperidine rings is 1. The lowest BCUT2D eigenvalue weighted by atomic mass is 10.1. The fourth-order valence-corrected chi connectivity index (χ4v) is 3.85. The summed E-state index contributed by atoms with van der Waals surface area (Å²) in [5, 5.41) is 0. The van der Waals surface area contributed by atoms with Crippen molar-refractivity contribution in [1.29, 1.82) is 0 Å². The summed E-state index contributed by atoms with van der Waals surface area (Å²) in [4.78, 5) is 2.06. The molecule has 3 nitrogen and oxygen atoms in total. The molecule has 1 aromatic carbocycles. The number of benzene rings is 1. The van der Waals surface area contributed by atoms with Crippen molar-refractivity contribution in [3.63, 3.8) is 0 Å². The SMILES string of the molecule is O=S(=O)(Cc1ccccc1)CN1CCCCC1. The van der Waals surface area contributed by atoms with Gasteiger partial charge in [0, 0.05) is 0 Å². The van der Waals surface area contributed by atoms with Crippen LogP contribution >= 0.6 is 0 Å². The van der Waals surface area contributed by atoms with E-state index in [9.17, 15) is 8.42 Å². The van der Waals surface area contributed by atoms with Crippen LogP contribution in [0.25, 0.3) is 0 Å². The highest BCUT2D eigenvalue weighted by Gasteiger charge is 2.18. The van der Waals surface area contributed by atoms with Crippen LogP contribution in [-0.4, -0.2) is 32.3 Å². The summed E-state index contributed by atoms with van der Waals surface area (Å²) in [5.74, 6) is 0.367. The third-order valence-corrected chi connectivity index (χ3v) is 4.59. The van der Waals surface area contributed by atoms with Crippen molar-refractivity contribution in [3.8, 4) is 0 Å². The molecule has 0 unspecified atom stereocenters. The van der Waals surface area contributed by atoms with Gasteiger partial charge in [0.15, 0.2) is 9.84 Å². The number of hydrogen-bond acceptors (Lipinski definition) is 3. The Kier molecular flexibility index (Phi) is 4.18. The molecule has 0 N–H and O–H groups in total. The molecule has 2 rings (SSSR count). The van der Waals surface area contributed by atoms with Crippen molar-refractivity contribution < 1.29 is 8.42 Å². The minimum absolute atomic E-state index is 0.157. The zero-order valence-electron chi connectivity index (χ0n) is 10.0. The molecule has 0 aromatic heterocycles. The predicted octanol–water partition coefficient (Wildman–Crippen LogP) is 2.04. The fraction of sp³-hybridized carbons (Fsp3) is 0.538. The standard InChI is InChI=1S/C13H19NO2S/c15-17(16,11-13-7-3-1-4-8-13)12-14-9-5-2-6-10-14/h1,3-4,7-8H,2,5-6,9-12H2. The molecule has 0 bridgehead atoms. The highest BCUT2D eigenvalue weighted by Crippen LogP contribution is 2.12. The molecular formula is C13H19NO2S. The average molecular weight is 253 g/mol. The van der Waals surface area contributed by atoms with Crippen molar-refractivity contribution in [2.45, 2.75) is 25.0 Å². The zero-order valence-corrected chi connectivity index (χ0v) is 10.8. The number of hydrogen-bond donors (Lipinski definition) is 0. The molecule has 4 heteroatoms. The molecule has 1 aliphatic rings. The molecule has 0 aliphatic carbocycles. The van der Waals surface area contributed by atoms with E-state index in [1.807, 2.05) is 30.3 Å². The quantitative estimate of drug-likeness (QED) is 0.824. The average Bonchev–Trinajstić information content (AvgIpc) is 2.30. The van der Waals surface area contributed by atoms with Gasteiger partial charge in [-0.25, -0.2) is 8.42 Å². The molecule has 94 valence electrons. The molecule has 0 radical (unpaired) electrons. The second-order valence-electron chi connectivity index (χ2n) is 4.68. The van der Waals surface area contributed by atoms with Gasteiger partial charge in [0.2, 0.25) is 0 Å². The maximum atomic E-state index is 12.0. The number of likely N-dealkylation sites (tertiary alicyclic amines) is 1. The first-order valence-electron chi connectivity index (χ1n) is 6.12. The van der Waals surface area contributed by atoms with E-state index in [2.05, 4.69) is 4.90 Å². The Morgan fingerprint density at radius 2 is 1.65 bits per heavy atom. The van der Waals surface area contributed by atoms with Gasteiger partial charge in [-0.15, -0.1) is 0 Å². The van der Waals surface area contributed by atoms with Gasteiger partial charge in [0.25, 0.3) is 0 Å². The van der Waals surface area contributed by atoms with E-state index < -0.39 is 9.84 Å². The van der Waals surface area contributed by atoms with Crippen molar-refractivity contribution in [2.24, 2.45) is 0 Å². The van der Waals surface area contributed by atoms with Crippen LogP contribution in [0.1, 0.15) is 24.8 Å². The summed E-state index contributed by atoms with van der Waals surface area (Å²) >= 11 is 0. The molecule has 1 heterocycles. The van der Waals surface area contributed by atoms with Crippen LogP contribution in [0.3, 0.4) is 0 Å². The van der Waals surface area contributed by atoms with Gasteiger partial charge in [-0.1, -0.05) is 36.8 Å². The molecule has 0 saturated carbocycles. The summed E-state index contributed by atoms with van der Waals surface area (Å²) in [7, 11) is -3.01. The molecule has 1 aromatic rings. The monoisotopic (exact) mass is 253 g/mol. The van der Waals surface area contributed by atoms with Gasteiger partial charge in [0.1, 0.15) is 5.88 Å². The van der Waals surface area contributed by atoms with E-state index >= 15 is 0 Å². The fourth-order valence-electron chi connectivity index (χ4n) is 2.24. The predicted molar refractivity (Wildman–Crippen MR) is 69.4 cm³/mol. The van der Waals surface area contributed by atoms with E-state index in [-0.39, 0.29) is 11.6 Å². The Labute approximate surface area is 103 Å². The summed E-state index contributed by atoms with van der Waals surface area (Å²) in [6.45, 7) is 1.85. The van der Waals surface area contributed by atoms with Gasteiger partial charge >= 0.3 is 0 Å². The minimum Gasteiger partial charge on any atom is -0.290 e. The highest BCUT2D eigenvalue weighted by molar-refractivity contribution is 7.90. The summed E-state index contributed by atoms with van der Waals surface area (Å²) in [5.41, 5.74) is 0.879. The maximum Gasteiger partial charge on any atom is 0.167 e. The smallest absolute Gasteiger partial charge is 0.167 e. The Balaban J connectivity index is 1.94. The Morgan fingerprint density at radius 1 is 1.00 bits per heavy atom. The molecule has 1 saturated heterocycles. The molecule has 1 fully saturated rings. The van der Waals surface area contributed by atoms with E-state index in [0.29, 0.717) is 0 Å².